The first-order valence-corrected chi connectivity index (χ1v) is 12.2. The number of rotatable bonds is 6. The van der Waals surface area contributed by atoms with Crippen LogP contribution in [0.1, 0.15) is 0 Å². The predicted octanol–water partition coefficient (Wildman–Crippen LogP) is 2.90. The average molecular weight is 471 g/mol. The molecular formula is C21H22N6O3S2. The number of nitrogens with one attached hydrogen (secondary N) is 1. The fourth-order valence-corrected chi connectivity index (χ4v) is 6.23. The summed E-state index contributed by atoms with van der Waals surface area (Å²) in [6.45, 7) is 1.71. The lowest BCUT2D eigenvalue weighted by Gasteiger charge is -2.18. The molecule has 4 aromatic rings. The van der Waals surface area contributed by atoms with Crippen molar-refractivity contribution in [1.82, 2.24) is 19.7 Å². The molecule has 0 saturated heterocycles. The lowest BCUT2D eigenvalue weighted by atomic mass is 10.0. The lowest BCUT2D eigenvalue weighted by molar-refractivity contribution is 0.217. The Bertz CT molecular complexity index is 1290. The number of methoxy groups -OCH3 is 1. The summed E-state index contributed by atoms with van der Waals surface area (Å²) in [5.74, 6) is 1.80. The Labute approximate surface area is 191 Å². The van der Waals surface area contributed by atoms with E-state index in [2.05, 4.69) is 15.4 Å². The number of hydrogen-bond acceptors (Lipinski definition) is 9. The van der Waals surface area contributed by atoms with Gasteiger partial charge in [0.1, 0.15) is 22.9 Å². The van der Waals surface area contributed by atoms with Crippen LogP contribution in [0.5, 0.6) is 5.75 Å². The molecule has 0 spiro atoms. The van der Waals surface area contributed by atoms with Gasteiger partial charge in [0.05, 0.1) is 24.5 Å². The van der Waals surface area contributed by atoms with Crippen LogP contribution >= 0.6 is 11.3 Å². The molecule has 0 fully saturated rings. The zero-order valence-electron chi connectivity index (χ0n) is 17.6. The fraction of sp³-hybridized carbons (Fsp3) is 0.286. The van der Waals surface area contributed by atoms with E-state index in [-0.39, 0.29) is 0 Å². The van der Waals surface area contributed by atoms with E-state index in [1.165, 1.54) is 11.3 Å². The summed E-state index contributed by atoms with van der Waals surface area (Å²) in [6, 6.07) is 5.84. The third kappa shape index (κ3) is 3.66. The van der Waals surface area contributed by atoms with Crippen LogP contribution < -0.4 is 15.8 Å². The topological polar surface area (TPSA) is 123 Å². The Hall–Kier alpha value is -2.86. The summed E-state index contributed by atoms with van der Waals surface area (Å²) in [4.78, 5) is 10.1. The Morgan fingerprint density at radius 3 is 3.06 bits per heavy atom. The molecule has 0 aromatic carbocycles. The summed E-state index contributed by atoms with van der Waals surface area (Å²) >= 11 is 0.0765. The van der Waals surface area contributed by atoms with E-state index in [0.717, 1.165) is 40.3 Å². The number of aryl methyl sites for hydroxylation is 1. The second-order valence-electron chi connectivity index (χ2n) is 7.27. The first-order valence-electron chi connectivity index (χ1n) is 10.0. The molecule has 1 atom stereocenters. The van der Waals surface area contributed by atoms with Crippen molar-refractivity contribution >= 4 is 44.2 Å². The van der Waals surface area contributed by atoms with Crippen LogP contribution in [0.25, 0.3) is 32.7 Å². The van der Waals surface area contributed by atoms with Gasteiger partial charge in [-0.3, -0.25) is 4.68 Å². The van der Waals surface area contributed by atoms with Crippen LogP contribution in [0.15, 0.2) is 34.8 Å². The van der Waals surface area contributed by atoms with E-state index in [4.69, 9.17) is 20.2 Å². The molecule has 5 rings (SSSR count). The molecule has 9 nitrogen and oxygen atoms in total. The number of fused-ring (bicyclic) bond motifs is 2. The monoisotopic (exact) mass is 470 g/mol. The van der Waals surface area contributed by atoms with Crippen molar-refractivity contribution in [1.29, 1.82) is 0 Å². The van der Waals surface area contributed by atoms with Crippen molar-refractivity contribution in [3.8, 4) is 28.3 Å². The third-order valence-corrected chi connectivity index (χ3v) is 8.11. The van der Waals surface area contributed by atoms with Crippen molar-refractivity contribution in [2.45, 2.75) is 4.21 Å². The van der Waals surface area contributed by atoms with Crippen LogP contribution in [0, 0.1) is 0 Å². The summed E-state index contributed by atoms with van der Waals surface area (Å²) in [6.07, 6.45) is 3.51. The zero-order chi connectivity index (χ0) is 22.2. The van der Waals surface area contributed by atoms with Crippen LogP contribution in [0.2, 0.25) is 0 Å². The van der Waals surface area contributed by atoms with Gasteiger partial charge in [-0.15, -0.1) is 0 Å². The highest BCUT2D eigenvalue weighted by molar-refractivity contribution is 7.93. The van der Waals surface area contributed by atoms with Crippen molar-refractivity contribution in [2.75, 3.05) is 43.7 Å². The SMILES string of the molecule is COCC[S+]([O-])c1sc2nc(-c3cnc4c(c3)OCCN4)cc(-c3ccnn3C)c2c1N. The van der Waals surface area contributed by atoms with Crippen molar-refractivity contribution in [2.24, 2.45) is 7.05 Å². The van der Waals surface area contributed by atoms with Crippen molar-refractivity contribution < 1.29 is 14.0 Å². The molecule has 0 bridgehead atoms. The van der Waals surface area contributed by atoms with Gasteiger partial charge in [0.25, 0.3) is 0 Å². The van der Waals surface area contributed by atoms with Crippen LogP contribution in [0.3, 0.4) is 0 Å². The number of hydrogen-bond donors (Lipinski definition) is 2. The highest BCUT2D eigenvalue weighted by Gasteiger charge is 2.26. The molecule has 5 heterocycles. The van der Waals surface area contributed by atoms with E-state index in [1.807, 2.05) is 25.2 Å². The molecule has 4 aromatic heterocycles. The zero-order valence-corrected chi connectivity index (χ0v) is 19.3. The molecule has 11 heteroatoms. The smallest absolute Gasteiger partial charge is 0.232 e. The highest BCUT2D eigenvalue weighted by atomic mass is 32.2. The maximum Gasteiger partial charge on any atom is 0.232 e. The molecule has 0 amide bonds. The molecule has 1 unspecified atom stereocenters. The van der Waals surface area contributed by atoms with Crippen molar-refractivity contribution in [3.63, 3.8) is 0 Å². The summed E-state index contributed by atoms with van der Waals surface area (Å²) in [5.41, 5.74) is 10.3. The normalized spacial score (nSPS) is 14.1. The number of anilines is 2. The number of ether oxygens (including phenoxy) is 2. The van der Waals surface area contributed by atoms with E-state index < -0.39 is 11.2 Å². The molecule has 0 saturated carbocycles. The Kier molecular flexibility index (Phi) is 5.64. The largest absolute Gasteiger partial charge is 0.611 e. The Morgan fingerprint density at radius 2 is 2.28 bits per heavy atom. The first-order chi connectivity index (χ1) is 15.6. The van der Waals surface area contributed by atoms with Gasteiger partial charge in [0.2, 0.25) is 4.21 Å². The molecule has 0 radical (unpaired) electrons. The number of nitrogen functional groups attached to an aromatic ring is 1. The highest BCUT2D eigenvalue weighted by Crippen LogP contribution is 2.43. The molecule has 1 aliphatic rings. The number of thiophene rings is 1. The molecule has 0 aliphatic carbocycles. The van der Waals surface area contributed by atoms with Crippen LogP contribution in [-0.2, 0) is 23.0 Å². The maximum atomic E-state index is 12.9. The molecule has 3 N–H and O–H groups in total. The first kappa shape index (κ1) is 21.0. The quantitative estimate of drug-likeness (QED) is 0.412. The van der Waals surface area contributed by atoms with Crippen LogP contribution in [-0.4, -0.2) is 56.9 Å². The number of pyridine rings is 2. The van der Waals surface area contributed by atoms with E-state index in [1.54, 1.807) is 24.2 Å². The number of nitrogens with two attached hydrogens (primary N) is 1. The molecule has 166 valence electrons. The van der Waals surface area contributed by atoms with Gasteiger partial charge in [-0.25, -0.2) is 9.97 Å². The number of nitrogens with zero attached hydrogens (tertiary/aromatic N) is 4. The van der Waals surface area contributed by atoms with E-state index >= 15 is 0 Å². The van der Waals surface area contributed by atoms with Gasteiger partial charge in [0.15, 0.2) is 11.6 Å². The summed E-state index contributed by atoms with van der Waals surface area (Å²) in [5, 5.41) is 8.32. The minimum absolute atomic E-state index is 0.375. The molecular weight excluding hydrogens is 448 g/mol. The Morgan fingerprint density at radius 1 is 1.41 bits per heavy atom. The molecule has 1 aliphatic heterocycles. The second-order valence-corrected chi connectivity index (χ2v) is 10.0. The minimum Gasteiger partial charge on any atom is -0.611 e. The predicted molar refractivity (Wildman–Crippen MR) is 127 cm³/mol. The average Bonchev–Trinajstić information content (AvgIpc) is 3.39. The second kappa shape index (κ2) is 8.58. The minimum atomic E-state index is -1.28. The maximum absolute atomic E-state index is 12.9. The van der Waals surface area contributed by atoms with E-state index in [0.29, 0.717) is 39.4 Å². The van der Waals surface area contributed by atoms with E-state index in [9.17, 15) is 4.55 Å². The fourth-order valence-electron chi connectivity index (χ4n) is 3.67. The molecule has 32 heavy (non-hydrogen) atoms. The van der Waals surface area contributed by atoms with Gasteiger partial charge in [-0.05, 0) is 18.2 Å². The Balaban J connectivity index is 1.69. The van der Waals surface area contributed by atoms with Gasteiger partial charge in [-0.1, -0.05) is 11.3 Å². The lowest BCUT2D eigenvalue weighted by Crippen LogP contribution is -2.18. The third-order valence-electron chi connectivity index (χ3n) is 5.24. The van der Waals surface area contributed by atoms with Gasteiger partial charge >= 0.3 is 0 Å². The van der Waals surface area contributed by atoms with Gasteiger partial charge in [-0.2, -0.15) is 5.10 Å². The van der Waals surface area contributed by atoms with Gasteiger partial charge < -0.3 is 25.1 Å². The summed E-state index contributed by atoms with van der Waals surface area (Å²) < 4.78 is 26.1. The van der Waals surface area contributed by atoms with Crippen LogP contribution in [0.4, 0.5) is 11.5 Å². The standard InChI is InChI=1S/C21H22N6O3S2/c1-27-15(3-4-25-27)13-10-14(12-9-16-19(24-11-12)23-5-6-30-16)26-20-17(13)18(22)21(31-20)32(28)8-7-29-2/h3-4,9-11H,5-8,22H2,1-2H3,(H,23,24). The van der Waals surface area contributed by atoms with Gasteiger partial charge in [0, 0.05) is 54.2 Å². The summed E-state index contributed by atoms with van der Waals surface area (Å²) in [7, 11) is 3.47. The number of aromatic nitrogens is 4. The van der Waals surface area contributed by atoms with Crippen molar-refractivity contribution in [3.05, 3.63) is 30.6 Å².